The van der Waals surface area contributed by atoms with Gasteiger partial charge in [-0.15, -0.1) is 0 Å². The predicted molar refractivity (Wildman–Crippen MR) is 93.1 cm³/mol. The van der Waals surface area contributed by atoms with E-state index in [9.17, 15) is 4.79 Å². The molecule has 1 heterocycles. The summed E-state index contributed by atoms with van der Waals surface area (Å²) in [5, 5.41) is 6.82. The van der Waals surface area contributed by atoms with Crippen molar-refractivity contribution < 1.29 is 14.1 Å². The fraction of sp³-hybridized carbons (Fsp3) is 0.211. The summed E-state index contributed by atoms with van der Waals surface area (Å²) in [6.45, 7) is 0.450. The second kappa shape index (κ2) is 8.10. The summed E-state index contributed by atoms with van der Waals surface area (Å²) >= 11 is 0. The maximum absolute atomic E-state index is 12.0. The van der Waals surface area contributed by atoms with Crippen molar-refractivity contribution >= 4 is 5.91 Å². The molecule has 25 heavy (non-hydrogen) atoms. The molecule has 1 aromatic heterocycles. The van der Waals surface area contributed by atoms with Crippen LogP contribution in [0.15, 0.2) is 59.1 Å². The van der Waals surface area contributed by atoms with Crippen LogP contribution in [0.1, 0.15) is 11.5 Å². The summed E-state index contributed by atoms with van der Waals surface area (Å²) in [5.41, 5.74) is 1.84. The van der Waals surface area contributed by atoms with E-state index in [2.05, 4.69) is 15.5 Å². The lowest BCUT2D eigenvalue weighted by molar-refractivity contribution is -0.120. The Labute approximate surface area is 145 Å². The molecule has 0 aliphatic carbocycles. The molecule has 0 aliphatic heterocycles. The van der Waals surface area contributed by atoms with Crippen LogP contribution >= 0.6 is 0 Å². The number of benzene rings is 2. The van der Waals surface area contributed by atoms with Crippen molar-refractivity contribution in [2.24, 2.45) is 0 Å². The molecular formula is C19H19N3O3. The van der Waals surface area contributed by atoms with E-state index < -0.39 is 0 Å². The molecular weight excluding hydrogens is 318 g/mol. The van der Waals surface area contributed by atoms with Gasteiger partial charge in [-0.05, 0) is 17.7 Å². The molecule has 6 heteroatoms. The summed E-state index contributed by atoms with van der Waals surface area (Å²) in [6.07, 6.45) is 0.817. The van der Waals surface area contributed by atoms with E-state index in [1.165, 1.54) is 0 Å². The number of methoxy groups -OCH3 is 1. The molecule has 1 N–H and O–H groups in total. The highest BCUT2D eigenvalue weighted by Gasteiger charge is 2.09. The van der Waals surface area contributed by atoms with Crippen LogP contribution in [-0.4, -0.2) is 29.7 Å². The molecule has 0 saturated carbocycles. The summed E-state index contributed by atoms with van der Waals surface area (Å²) in [7, 11) is 1.61. The molecule has 0 spiro atoms. The van der Waals surface area contributed by atoms with Gasteiger partial charge in [-0.25, -0.2) is 0 Å². The Hall–Kier alpha value is -3.15. The first-order valence-corrected chi connectivity index (χ1v) is 8.02. The number of ether oxygens (including phenoxy) is 1. The Balaban J connectivity index is 1.46. The molecule has 0 saturated heterocycles. The third-order valence-electron chi connectivity index (χ3n) is 3.68. The second-order valence-corrected chi connectivity index (χ2v) is 5.50. The van der Waals surface area contributed by atoms with E-state index in [1.54, 1.807) is 7.11 Å². The highest BCUT2D eigenvalue weighted by Crippen LogP contribution is 2.15. The van der Waals surface area contributed by atoms with Gasteiger partial charge in [-0.1, -0.05) is 47.6 Å². The second-order valence-electron chi connectivity index (χ2n) is 5.50. The Bertz CT molecular complexity index is 813. The molecule has 0 bridgehead atoms. The molecule has 0 fully saturated rings. The zero-order valence-electron chi connectivity index (χ0n) is 13.9. The Morgan fingerprint density at radius 2 is 1.88 bits per heavy atom. The lowest BCUT2D eigenvalue weighted by atomic mass is 10.1. The minimum atomic E-state index is -0.0482. The highest BCUT2D eigenvalue weighted by molar-refractivity contribution is 5.78. The van der Waals surface area contributed by atoms with Gasteiger partial charge in [-0.2, -0.15) is 4.98 Å². The topological polar surface area (TPSA) is 77.2 Å². The van der Waals surface area contributed by atoms with Gasteiger partial charge in [0.25, 0.3) is 0 Å². The van der Waals surface area contributed by atoms with Gasteiger partial charge >= 0.3 is 0 Å². The van der Waals surface area contributed by atoms with Crippen LogP contribution in [0.4, 0.5) is 0 Å². The SMILES string of the molecule is COc1ccc(CC(=O)NCCc2nc(-c3ccccc3)no2)cc1. The smallest absolute Gasteiger partial charge is 0.228 e. The molecule has 6 nitrogen and oxygen atoms in total. The van der Waals surface area contributed by atoms with Crippen molar-refractivity contribution in [3.63, 3.8) is 0 Å². The van der Waals surface area contributed by atoms with Crippen LogP contribution in [-0.2, 0) is 17.6 Å². The van der Waals surface area contributed by atoms with Gasteiger partial charge in [0.1, 0.15) is 5.75 Å². The summed E-state index contributed by atoms with van der Waals surface area (Å²) in [5.74, 6) is 1.78. The number of rotatable bonds is 7. The molecule has 1 amide bonds. The summed E-state index contributed by atoms with van der Waals surface area (Å²) < 4.78 is 10.3. The van der Waals surface area contributed by atoms with Gasteiger partial charge in [-0.3, -0.25) is 4.79 Å². The van der Waals surface area contributed by atoms with Gasteiger partial charge in [0, 0.05) is 18.5 Å². The van der Waals surface area contributed by atoms with Crippen molar-refractivity contribution in [2.45, 2.75) is 12.8 Å². The van der Waals surface area contributed by atoms with E-state index in [0.29, 0.717) is 31.1 Å². The van der Waals surface area contributed by atoms with Gasteiger partial charge in [0.15, 0.2) is 0 Å². The molecule has 0 atom stereocenters. The van der Waals surface area contributed by atoms with Gasteiger partial charge < -0.3 is 14.6 Å². The number of aromatic nitrogens is 2. The van der Waals surface area contributed by atoms with Crippen molar-refractivity contribution in [2.75, 3.05) is 13.7 Å². The van der Waals surface area contributed by atoms with Crippen molar-refractivity contribution in [3.05, 3.63) is 66.1 Å². The van der Waals surface area contributed by atoms with Crippen LogP contribution in [0.3, 0.4) is 0 Å². The Kier molecular flexibility index (Phi) is 5.41. The van der Waals surface area contributed by atoms with Gasteiger partial charge in [0.2, 0.25) is 17.6 Å². The monoisotopic (exact) mass is 337 g/mol. The minimum absolute atomic E-state index is 0.0482. The van der Waals surface area contributed by atoms with Crippen molar-refractivity contribution in [1.29, 1.82) is 0 Å². The molecule has 128 valence electrons. The van der Waals surface area contributed by atoms with Crippen LogP contribution in [0, 0.1) is 0 Å². The number of amides is 1. The van der Waals surface area contributed by atoms with Gasteiger partial charge in [0.05, 0.1) is 13.5 Å². The predicted octanol–water partition coefficient (Wildman–Crippen LogP) is 2.65. The summed E-state index contributed by atoms with van der Waals surface area (Å²) in [6, 6.07) is 17.1. The zero-order chi connectivity index (χ0) is 17.5. The van der Waals surface area contributed by atoms with E-state index >= 15 is 0 Å². The maximum atomic E-state index is 12.0. The lowest BCUT2D eigenvalue weighted by Crippen LogP contribution is -2.27. The third-order valence-corrected chi connectivity index (χ3v) is 3.68. The molecule has 0 aliphatic rings. The van der Waals surface area contributed by atoms with E-state index in [1.807, 2.05) is 54.6 Å². The number of carbonyl (C=O) groups excluding carboxylic acids is 1. The lowest BCUT2D eigenvalue weighted by Gasteiger charge is -2.05. The van der Waals surface area contributed by atoms with Crippen molar-refractivity contribution in [3.8, 4) is 17.1 Å². The molecule has 3 aromatic rings. The zero-order valence-corrected chi connectivity index (χ0v) is 13.9. The molecule has 0 unspecified atom stereocenters. The number of nitrogens with one attached hydrogen (secondary N) is 1. The third kappa shape index (κ3) is 4.67. The van der Waals surface area contributed by atoms with Crippen molar-refractivity contribution in [1.82, 2.24) is 15.5 Å². The first-order valence-electron chi connectivity index (χ1n) is 8.02. The van der Waals surface area contributed by atoms with E-state index in [4.69, 9.17) is 9.26 Å². The fourth-order valence-corrected chi connectivity index (χ4v) is 2.36. The number of nitrogens with zero attached hydrogens (tertiary/aromatic N) is 2. The summed E-state index contributed by atoms with van der Waals surface area (Å²) in [4.78, 5) is 16.3. The quantitative estimate of drug-likeness (QED) is 0.717. The minimum Gasteiger partial charge on any atom is -0.497 e. The van der Waals surface area contributed by atoms with Crippen LogP contribution < -0.4 is 10.1 Å². The van der Waals surface area contributed by atoms with Crippen LogP contribution in [0.2, 0.25) is 0 Å². The number of carbonyl (C=O) groups is 1. The maximum Gasteiger partial charge on any atom is 0.228 e. The normalized spacial score (nSPS) is 10.4. The Morgan fingerprint density at radius 3 is 2.60 bits per heavy atom. The average Bonchev–Trinajstić information content (AvgIpc) is 3.12. The number of hydrogen-bond donors (Lipinski definition) is 1. The van der Waals surface area contributed by atoms with Crippen LogP contribution in [0.25, 0.3) is 11.4 Å². The first-order chi connectivity index (χ1) is 12.2. The number of hydrogen-bond acceptors (Lipinski definition) is 5. The molecule has 2 aromatic carbocycles. The van der Waals surface area contributed by atoms with Crippen LogP contribution in [0.5, 0.6) is 5.75 Å². The largest absolute Gasteiger partial charge is 0.497 e. The highest BCUT2D eigenvalue weighted by atomic mass is 16.5. The van der Waals surface area contributed by atoms with E-state index in [0.717, 1.165) is 16.9 Å². The van der Waals surface area contributed by atoms with E-state index in [-0.39, 0.29) is 5.91 Å². The standard InChI is InChI=1S/C19H19N3O3/c1-24-16-9-7-14(8-10-16)13-17(23)20-12-11-18-21-19(22-25-18)15-5-3-2-4-6-15/h2-10H,11-13H2,1H3,(H,20,23). The molecule has 3 rings (SSSR count). The first kappa shape index (κ1) is 16.7. The fourth-order valence-electron chi connectivity index (χ4n) is 2.36. The average molecular weight is 337 g/mol. The Morgan fingerprint density at radius 1 is 1.12 bits per heavy atom. The molecule has 0 radical (unpaired) electrons.